The Labute approximate surface area is 110 Å². The number of carbonyl (C=O) groups is 2. The van der Waals surface area contributed by atoms with E-state index in [1.54, 1.807) is 0 Å². The number of aromatic hydroxyl groups is 1. The smallest absolute Gasteiger partial charge is 0.335 e. The number of amides is 1. The first kappa shape index (κ1) is 13.4. The fourth-order valence-corrected chi connectivity index (χ4v) is 1.93. The molecule has 0 spiro atoms. The number of anilines is 1. The summed E-state index contributed by atoms with van der Waals surface area (Å²) in [6, 6.07) is 3.73. The Kier molecular flexibility index (Phi) is 4.01. The number of carbonyl (C=O) groups excluding carboxylic acids is 1. The third-order valence-electron chi connectivity index (χ3n) is 2.97. The molecule has 3 N–H and O–H groups in total. The quantitative estimate of drug-likeness (QED) is 0.721. The Morgan fingerprint density at radius 2 is 2.11 bits per heavy atom. The average molecular weight is 265 g/mol. The van der Waals surface area contributed by atoms with E-state index in [-0.39, 0.29) is 22.9 Å². The second kappa shape index (κ2) is 5.71. The fourth-order valence-electron chi connectivity index (χ4n) is 1.93. The van der Waals surface area contributed by atoms with Crippen LogP contribution in [-0.2, 0) is 9.53 Å². The zero-order valence-electron chi connectivity index (χ0n) is 10.3. The molecule has 102 valence electrons. The number of carboxylic acids is 1. The van der Waals surface area contributed by atoms with Crippen LogP contribution in [0.25, 0.3) is 0 Å². The minimum atomic E-state index is -1.12. The number of carboxylic acid groups (broad SMARTS) is 1. The van der Waals surface area contributed by atoms with Crippen LogP contribution in [0.3, 0.4) is 0 Å². The van der Waals surface area contributed by atoms with E-state index in [1.807, 2.05) is 0 Å². The first-order valence-corrected chi connectivity index (χ1v) is 6.06. The predicted octanol–water partition coefficient (Wildman–Crippen LogP) is 1.60. The Bertz CT molecular complexity index is 494. The minimum absolute atomic E-state index is 0.00216. The molecule has 1 aliphatic heterocycles. The van der Waals surface area contributed by atoms with Gasteiger partial charge in [-0.3, -0.25) is 4.79 Å². The standard InChI is InChI=1S/C13H15NO5/c15-10-5-4-8(13(17)18)7-9(10)14-12(16)11-3-1-2-6-19-11/h4-5,7,11,15H,1-3,6H2,(H,14,16)(H,17,18). The van der Waals surface area contributed by atoms with Gasteiger partial charge in [-0.2, -0.15) is 0 Å². The summed E-state index contributed by atoms with van der Waals surface area (Å²) >= 11 is 0. The largest absolute Gasteiger partial charge is 0.506 e. The topological polar surface area (TPSA) is 95.9 Å². The van der Waals surface area contributed by atoms with Crippen molar-refractivity contribution in [2.24, 2.45) is 0 Å². The van der Waals surface area contributed by atoms with E-state index in [0.29, 0.717) is 13.0 Å². The maximum absolute atomic E-state index is 11.9. The lowest BCUT2D eigenvalue weighted by molar-refractivity contribution is -0.130. The van der Waals surface area contributed by atoms with E-state index in [4.69, 9.17) is 9.84 Å². The molecule has 6 nitrogen and oxygen atoms in total. The molecule has 0 aliphatic carbocycles. The molecule has 1 amide bonds. The van der Waals surface area contributed by atoms with Crippen molar-refractivity contribution in [3.8, 4) is 5.75 Å². The van der Waals surface area contributed by atoms with Crippen molar-refractivity contribution < 1.29 is 24.5 Å². The van der Waals surface area contributed by atoms with Crippen LogP contribution >= 0.6 is 0 Å². The molecule has 0 saturated carbocycles. The minimum Gasteiger partial charge on any atom is -0.506 e. The van der Waals surface area contributed by atoms with Crippen LogP contribution in [0.1, 0.15) is 29.6 Å². The maximum Gasteiger partial charge on any atom is 0.335 e. The molecule has 2 rings (SSSR count). The number of phenols is 1. The Balaban J connectivity index is 2.11. The number of phenolic OH excluding ortho intramolecular Hbond substituents is 1. The molecule has 0 radical (unpaired) electrons. The van der Waals surface area contributed by atoms with E-state index in [2.05, 4.69) is 5.32 Å². The molecule has 1 fully saturated rings. The number of hydrogen-bond acceptors (Lipinski definition) is 4. The Morgan fingerprint density at radius 3 is 2.74 bits per heavy atom. The second-order valence-electron chi connectivity index (χ2n) is 4.38. The lowest BCUT2D eigenvalue weighted by Crippen LogP contribution is -2.33. The molecule has 1 atom stereocenters. The fraction of sp³-hybridized carbons (Fsp3) is 0.385. The van der Waals surface area contributed by atoms with Crippen LogP contribution in [0.4, 0.5) is 5.69 Å². The SMILES string of the molecule is O=C(O)c1ccc(O)c(NC(=O)C2CCCCO2)c1. The number of aromatic carboxylic acids is 1. The van der Waals surface area contributed by atoms with Crippen molar-refractivity contribution in [3.05, 3.63) is 23.8 Å². The van der Waals surface area contributed by atoms with Crippen molar-refractivity contribution in [1.29, 1.82) is 0 Å². The molecule has 1 aromatic carbocycles. The van der Waals surface area contributed by atoms with Crippen LogP contribution in [0.15, 0.2) is 18.2 Å². The van der Waals surface area contributed by atoms with Gasteiger partial charge in [-0.25, -0.2) is 4.79 Å². The van der Waals surface area contributed by atoms with Crippen molar-refractivity contribution in [2.45, 2.75) is 25.4 Å². The van der Waals surface area contributed by atoms with Gasteiger partial charge in [-0.05, 0) is 37.5 Å². The monoisotopic (exact) mass is 265 g/mol. The summed E-state index contributed by atoms with van der Waals surface area (Å²) in [5.74, 6) is -1.66. The molecule has 1 saturated heterocycles. The summed E-state index contributed by atoms with van der Waals surface area (Å²) in [5.41, 5.74) is 0.0803. The van der Waals surface area contributed by atoms with Gasteiger partial charge in [0, 0.05) is 6.61 Å². The summed E-state index contributed by atoms with van der Waals surface area (Å²) in [7, 11) is 0. The normalized spacial score (nSPS) is 18.8. The summed E-state index contributed by atoms with van der Waals surface area (Å²) in [5, 5.41) is 21.0. The molecule has 1 heterocycles. The van der Waals surface area contributed by atoms with E-state index >= 15 is 0 Å². The highest BCUT2D eigenvalue weighted by molar-refractivity contribution is 5.97. The van der Waals surface area contributed by atoms with Gasteiger partial charge in [-0.1, -0.05) is 0 Å². The molecule has 1 unspecified atom stereocenters. The van der Waals surface area contributed by atoms with Gasteiger partial charge in [0.1, 0.15) is 11.9 Å². The lowest BCUT2D eigenvalue weighted by atomic mass is 10.1. The van der Waals surface area contributed by atoms with E-state index in [9.17, 15) is 14.7 Å². The van der Waals surface area contributed by atoms with Gasteiger partial charge in [-0.15, -0.1) is 0 Å². The molecule has 1 aromatic rings. The van der Waals surface area contributed by atoms with Crippen molar-refractivity contribution >= 4 is 17.6 Å². The summed E-state index contributed by atoms with van der Waals surface area (Å²) in [6.45, 7) is 0.541. The molecule has 6 heteroatoms. The van der Waals surface area contributed by atoms with Crippen LogP contribution in [0.5, 0.6) is 5.75 Å². The van der Waals surface area contributed by atoms with Crippen molar-refractivity contribution in [1.82, 2.24) is 0 Å². The maximum atomic E-state index is 11.9. The zero-order valence-corrected chi connectivity index (χ0v) is 10.3. The van der Waals surface area contributed by atoms with E-state index in [0.717, 1.165) is 12.8 Å². The number of ether oxygens (including phenoxy) is 1. The first-order valence-electron chi connectivity index (χ1n) is 6.06. The predicted molar refractivity (Wildman–Crippen MR) is 67.3 cm³/mol. The van der Waals surface area contributed by atoms with Gasteiger partial charge >= 0.3 is 5.97 Å². The number of rotatable bonds is 3. The second-order valence-corrected chi connectivity index (χ2v) is 4.38. The number of hydrogen-bond donors (Lipinski definition) is 3. The highest BCUT2D eigenvalue weighted by atomic mass is 16.5. The lowest BCUT2D eigenvalue weighted by Gasteiger charge is -2.21. The Hall–Kier alpha value is -2.08. The van der Waals surface area contributed by atoms with Gasteiger partial charge in [0.15, 0.2) is 0 Å². The third kappa shape index (κ3) is 3.23. The molecule has 19 heavy (non-hydrogen) atoms. The summed E-state index contributed by atoms with van der Waals surface area (Å²) in [4.78, 5) is 22.7. The van der Waals surface area contributed by atoms with Gasteiger partial charge in [0.05, 0.1) is 11.3 Å². The van der Waals surface area contributed by atoms with Gasteiger partial charge in [0.25, 0.3) is 5.91 Å². The Morgan fingerprint density at radius 1 is 1.32 bits per heavy atom. The summed E-state index contributed by atoms with van der Waals surface area (Å²) < 4.78 is 5.32. The molecule has 0 bridgehead atoms. The molecular weight excluding hydrogens is 250 g/mol. The third-order valence-corrected chi connectivity index (χ3v) is 2.97. The van der Waals surface area contributed by atoms with Gasteiger partial charge < -0.3 is 20.3 Å². The highest BCUT2D eigenvalue weighted by Gasteiger charge is 2.23. The van der Waals surface area contributed by atoms with Crippen molar-refractivity contribution in [3.63, 3.8) is 0 Å². The molecule has 1 aliphatic rings. The molecule has 0 aromatic heterocycles. The average Bonchev–Trinajstić information content (AvgIpc) is 2.42. The van der Waals surface area contributed by atoms with Crippen LogP contribution < -0.4 is 5.32 Å². The van der Waals surface area contributed by atoms with E-state index < -0.39 is 12.1 Å². The van der Waals surface area contributed by atoms with Gasteiger partial charge in [0.2, 0.25) is 0 Å². The summed E-state index contributed by atoms with van der Waals surface area (Å²) in [6.07, 6.45) is 1.94. The van der Waals surface area contributed by atoms with Crippen molar-refractivity contribution in [2.75, 3.05) is 11.9 Å². The van der Waals surface area contributed by atoms with Crippen LogP contribution in [0, 0.1) is 0 Å². The first-order chi connectivity index (χ1) is 9.08. The number of nitrogens with one attached hydrogen (secondary N) is 1. The molecular formula is C13H15NO5. The number of benzene rings is 1. The van der Waals surface area contributed by atoms with Crippen LogP contribution in [-0.4, -0.2) is 34.8 Å². The van der Waals surface area contributed by atoms with E-state index in [1.165, 1.54) is 18.2 Å². The zero-order chi connectivity index (χ0) is 13.8. The van der Waals surface area contributed by atoms with Crippen LogP contribution in [0.2, 0.25) is 0 Å². The highest BCUT2D eigenvalue weighted by Crippen LogP contribution is 2.25.